The van der Waals surface area contributed by atoms with Crippen LogP contribution in [0, 0.1) is 6.92 Å². The molecule has 0 unspecified atom stereocenters. The smallest absolute Gasteiger partial charge is 0.208 e. The molecule has 2 N–H and O–H groups in total. The number of rotatable bonds is 5. The molecular formula is C13H17N3O2S. The minimum atomic E-state index is -3.13. The molecule has 1 aromatic heterocycles. The largest absolute Gasteiger partial charge is 0.369 e. The van der Waals surface area contributed by atoms with Gasteiger partial charge >= 0.3 is 0 Å². The molecule has 0 atom stereocenters. The van der Waals surface area contributed by atoms with E-state index in [0.717, 1.165) is 28.5 Å². The van der Waals surface area contributed by atoms with Gasteiger partial charge in [0, 0.05) is 18.5 Å². The first kappa shape index (κ1) is 13.8. The molecule has 0 saturated heterocycles. The second-order valence-corrected chi connectivity index (χ2v) is 6.27. The van der Waals surface area contributed by atoms with Crippen LogP contribution in [0.2, 0.25) is 0 Å². The van der Waals surface area contributed by atoms with Gasteiger partial charge in [-0.1, -0.05) is 18.2 Å². The summed E-state index contributed by atoms with van der Waals surface area (Å²) in [6.45, 7) is 2.82. The predicted molar refractivity (Wildman–Crippen MR) is 77.8 cm³/mol. The van der Waals surface area contributed by atoms with E-state index in [1.54, 1.807) is 0 Å². The Balaban J connectivity index is 2.06. The van der Waals surface area contributed by atoms with Crippen molar-refractivity contribution < 1.29 is 8.42 Å². The first-order valence-electron chi connectivity index (χ1n) is 6.00. The molecule has 102 valence electrons. The lowest BCUT2D eigenvalue weighted by atomic mass is 10.1. The van der Waals surface area contributed by atoms with E-state index in [1.165, 1.54) is 0 Å². The van der Waals surface area contributed by atoms with Crippen molar-refractivity contribution in [2.24, 2.45) is 0 Å². The fourth-order valence-corrected chi connectivity index (χ4v) is 2.29. The average molecular weight is 279 g/mol. The molecule has 6 heteroatoms. The lowest BCUT2D eigenvalue weighted by Gasteiger charge is -2.10. The normalized spacial score (nSPS) is 11.7. The van der Waals surface area contributed by atoms with Crippen molar-refractivity contribution in [1.29, 1.82) is 0 Å². The third kappa shape index (κ3) is 3.90. The average Bonchev–Trinajstić information content (AvgIpc) is 2.33. The van der Waals surface area contributed by atoms with Gasteiger partial charge < -0.3 is 5.32 Å². The fourth-order valence-electron chi connectivity index (χ4n) is 1.82. The van der Waals surface area contributed by atoms with E-state index in [-0.39, 0.29) is 0 Å². The maximum Gasteiger partial charge on any atom is 0.208 e. The van der Waals surface area contributed by atoms with Gasteiger partial charge in [-0.05, 0) is 24.6 Å². The lowest BCUT2D eigenvalue weighted by Crippen LogP contribution is -2.27. The molecule has 2 aromatic rings. The fraction of sp³-hybridized carbons (Fsp3) is 0.308. The van der Waals surface area contributed by atoms with Gasteiger partial charge in [-0.15, -0.1) is 0 Å². The Morgan fingerprint density at radius 2 is 1.95 bits per heavy atom. The van der Waals surface area contributed by atoms with Crippen LogP contribution in [0.5, 0.6) is 0 Å². The highest BCUT2D eigenvalue weighted by Crippen LogP contribution is 2.19. The molecule has 0 fully saturated rings. The van der Waals surface area contributed by atoms with Crippen molar-refractivity contribution in [2.75, 3.05) is 24.7 Å². The van der Waals surface area contributed by atoms with Gasteiger partial charge in [-0.3, -0.25) is 0 Å². The van der Waals surface area contributed by atoms with Gasteiger partial charge in [-0.2, -0.15) is 0 Å². The quantitative estimate of drug-likeness (QED) is 0.814. The number of anilines is 1. The van der Waals surface area contributed by atoms with Gasteiger partial charge in [0.05, 0.1) is 11.8 Å². The zero-order chi connectivity index (χ0) is 13.9. The molecule has 0 saturated carbocycles. The summed E-state index contributed by atoms with van der Waals surface area (Å²) in [6.07, 6.45) is 1.15. The van der Waals surface area contributed by atoms with Crippen molar-refractivity contribution >= 4 is 26.7 Å². The van der Waals surface area contributed by atoms with Crippen LogP contribution in [0.4, 0.5) is 5.82 Å². The summed E-state index contributed by atoms with van der Waals surface area (Å²) in [5.41, 5.74) is 1.96. The second kappa shape index (κ2) is 5.54. The summed E-state index contributed by atoms with van der Waals surface area (Å²) in [5.74, 6) is 0.786. The SMILES string of the molecule is Cc1cc2ccccc2nc1NCCNS(C)(=O)=O. The molecule has 2 rings (SSSR count). The standard InChI is InChI=1S/C13H17N3O2S/c1-10-9-11-5-3-4-6-12(11)16-13(10)14-7-8-15-19(2,17)18/h3-6,9,15H,7-8H2,1-2H3,(H,14,16). The minimum Gasteiger partial charge on any atom is -0.369 e. The summed E-state index contributed by atoms with van der Waals surface area (Å²) in [6, 6.07) is 9.96. The number of nitrogens with zero attached hydrogens (tertiary/aromatic N) is 1. The Hall–Kier alpha value is -1.66. The van der Waals surface area contributed by atoms with Crippen molar-refractivity contribution in [3.63, 3.8) is 0 Å². The van der Waals surface area contributed by atoms with E-state index >= 15 is 0 Å². The monoisotopic (exact) mass is 279 g/mol. The van der Waals surface area contributed by atoms with Crippen molar-refractivity contribution in [3.05, 3.63) is 35.9 Å². The number of hydrogen-bond donors (Lipinski definition) is 2. The van der Waals surface area contributed by atoms with Gasteiger partial charge in [0.2, 0.25) is 10.0 Å². The number of sulfonamides is 1. The molecule has 5 nitrogen and oxygen atoms in total. The summed E-state index contributed by atoms with van der Waals surface area (Å²) in [5, 5.41) is 4.24. The zero-order valence-corrected chi connectivity index (χ0v) is 11.8. The van der Waals surface area contributed by atoms with Crippen LogP contribution >= 0.6 is 0 Å². The highest BCUT2D eigenvalue weighted by Gasteiger charge is 2.03. The topological polar surface area (TPSA) is 71.1 Å². The summed E-state index contributed by atoms with van der Waals surface area (Å²) in [7, 11) is -3.13. The molecule has 0 amide bonds. The van der Waals surface area contributed by atoms with Crippen LogP contribution in [-0.4, -0.2) is 32.7 Å². The number of nitrogens with one attached hydrogen (secondary N) is 2. The highest BCUT2D eigenvalue weighted by molar-refractivity contribution is 7.88. The predicted octanol–water partition coefficient (Wildman–Crippen LogP) is 1.50. The molecule has 0 spiro atoms. The van der Waals surface area contributed by atoms with Crippen LogP contribution in [0.1, 0.15) is 5.56 Å². The minimum absolute atomic E-state index is 0.340. The Kier molecular flexibility index (Phi) is 4.01. The second-order valence-electron chi connectivity index (χ2n) is 4.44. The van der Waals surface area contributed by atoms with Crippen molar-refractivity contribution in [2.45, 2.75) is 6.92 Å². The van der Waals surface area contributed by atoms with E-state index in [9.17, 15) is 8.42 Å². The van der Waals surface area contributed by atoms with Crippen LogP contribution in [0.25, 0.3) is 10.9 Å². The highest BCUT2D eigenvalue weighted by atomic mass is 32.2. The van der Waals surface area contributed by atoms with Gasteiger partial charge in [-0.25, -0.2) is 18.1 Å². The van der Waals surface area contributed by atoms with Crippen molar-refractivity contribution in [3.8, 4) is 0 Å². The first-order valence-corrected chi connectivity index (χ1v) is 7.90. The number of benzene rings is 1. The molecule has 0 aliphatic heterocycles. The third-order valence-electron chi connectivity index (χ3n) is 2.70. The van der Waals surface area contributed by atoms with E-state index in [4.69, 9.17) is 0 Å². The van der Waals surface area contributed by atoms with Crippen molar-refractivity contribution in [1.82, 2.24) is 9.71 Å². The Labute approximate surface area is 113 Å². The molecule has 0 bridgehead atoms. The zero-order valence-electron chi connectivity index (χ0n) is 11.0. The van der Waals surface area contributed by atoms with Gasteiger partial charge in [0.25, 0.3) is 0 Å². The van der Waals surface area contributed by atoms with E-state index in [1.807, 2.05) is 31.2 Å². The molecule has 0 radical (unpaired) electrons. The van der Waals surface area contributed by atoms with E-state index in [2.05, 4.69) is 21.1 Å². The first-order chi connectivity index (χ1) is 8.96. The summed E-state index contributed by atoms with van der Waals surface area (Å²) < 4.78 is 24.3. The molecular weight excluding hydrogens is 262 g/mol. The number of para-hydroxylation sites is 1. The molecule has 19 heavy (non-hydrogen) atoms. The molecule has 0 aliphatic carbocycles. The van der Waals surface area contributed by atoms with Gasteiger partial charge in [0.1, 0.15) is 5.82 Å². The maximum absolute atomic E-state index is 10.9. The maximum atomic E-state index is 10.9. The molecule has 0 aliphatic rings. The van der Waals surface area contributed by atoms with E-state index < -0.39 is 10.0 Å². The number of aromatic nitrogens is 1. The number of aryl methyl sites for hydroxylation is 1. The van der Waals surface area contributed by atoms with Crippen LogP contribution in [-0.2, 0) is 10.0 Å². The lowest BCUT2D eigenvalue weighted by molar-refractivity contribution is 0.589. The van der Waals surface area contributed by atoms with Crippen LogP contribution in [0.15, 0.2) is 30.3 Å². The van der Waals surface area contributed by atoms with Crippen LogP contribution in [0.3, 0.4) is 0 Å². The number of fused-ring (bicyclic) bond motifs is 1. The van der Waals surface area contributed by atoms with E-state index in [0.29, 0.717) is 13.1 Å². The Morgan fingerprint density at radius 3 is 2.68 bits per heavy atom. The van der Waals surface area contributed by atoms with Gasteiger partial charge in [0.15, 0.2) is 0 Å². The summed E-state index contributed by atoms with van der Waals surface area (Å²) >= 11 is 0. The number of pyridine rings is 1. The number of hydrogen-bond acceptors (Lipinski definition) is 4. The molecule has 1 aromatic carbocycles. The third-order valence-corrected chi connectivity index (χ3v) is 3.42. The summed E-state index contributed by atoms with van der Waals surface area (Å²) in [4.78, 5) is 4.52. The Bertz CT molecular complexity index is 683. The molecule has 1 heterocycles. The van der Waals surface area contributed by atoms with Crippen LogP contribution < -0.4 is 10.0 Å². The Morgan fingerprint density at radius 1 is 1.21 bits per heavy atom.